The number of hydrogen-bond acceptors (Lipinski definition) is 6. The molecule has 2 aromatic heterocycles. The molecule has 1 fully saturated rings. The van der Waals surface area contributed by atoms with E-state index in [1.54, 1.807) is 13.3 Å². The first-order chi connectivity index (χ1) is 17.4. The highest BCUT2D eigenvalue weighted by molar-refractivity contribution is 7.84. The normalized spacial score (nSPS) is 17.2. The van der Waals surface area contributed by atoms with E-state index in [0.29, 0.717) is 11.6 Å². The lowest BCUT2D eigenvalue weighted by Gasteiger charge is -2.33. The second kappa shape index (κ2) is 10.0. The van der Waals surface area contributed by atoms with Gasteiger partial charge in [-0.05, 0) is 55.5 Å². The van der Waals surface area contributed by atoms with Crippen molar-refractivity contribution in [2.45, 2.75) is 30.7 Å². The van der Waals surface area contributed by atoms with Gasteiger partial charge in [0, 0.05) is 65.1 Å². The molecule has 1 aliphatic rings. The van der Waals surface area contributed by atoms with Gasteiger partial charge in [-0.15, -0.1) is 0 Å². The number of nitrogens with two attached hydrogens (primary N) is 2. The molecular weight excluding hydrogens is 470 g/mol. The summed E-state index contributed by atoms with van der Waals surface area (Å²) in [6, 6.07) is 18.9. The summed E-state index contributed by atoms with van der Waals surface area (Å²) in [6.45, 7) is 3.34. The van der Waals surface area contributed by atoms with E-state index in [-0.39, 0.29) is 6.04 Å². The third-order valence-corrected chi connectivity index (χ3v) is 7.99. The summed E-state index contributed by atoms with van der Waals surface area (Å²) in [6.07, 6.45) is 5.48. The van der Waals surface area contributed by atoms with Gasteiger partial charge in [0.25, 0.3) is 0 Å². The Morgan fingerprint density at radius 1 is 1.14 bits per heavy atom. The fourth-order valence-electron chi connectivity index (χ4n) is 5.52. The summed E-state index contributed by atoms with van der Waals surface area (Å²) in [4.78, 5) is 5.71. The van der Waals surface area contributed by atoms with Crippen LogP contribution < -0.4 is 11.6 Å². The van der Waals surface area contributed by atoms with Gasteiger partial charge in [0.2, 0.25) is 0 Å². The van der Waals surface area contributed by atoms with E-state index < -0.39 is 10.8 Å². The van der Waals surface area contributed by atoms with Crippen LogP contribution in [0.1, 0.15) is 36.9 Å². The first kappa shape index (κ1) is 24.5. The highest BCUT2D eigenvalue weighted by Gasteiger charge is 2.30. The number of pyridine rings is 1. The van der Waals surface area contributed by atoms with Crippen LogP contribution in [0.3, 0.4) is 0 Å². The number of hydrazine groups is 1. The van der Waals surface area contributed by atoms with Gasteiger partial charge >= 0.3 is 0 Å². The largest absolute Gasteiger partial charge is 0.401 e. The summed E-state index contributed by atoms with van der Waals surface area (Å²) in [5.41, 5.74) is 12.6. The molecule has 2 aromatic carbocycles. The lowest BCUT2D eigenvalue weighted by atomic mass is 9.86. The van der Waals surface area contributed by atoms with Crippen LogP contribution >= 0.6 is 0 Å². The van der Waals surface area contributed by atoms with Crippen molar-refractivity contribution in [1.29, 1.82) is 0 Å². The van der Waals surface area contributed by atoms with Crippen LogP contribution in [0.25, 0.3) is 27.6 Å². The third kappa shape index (κ3) is 4.40. The third-order valence-electron chi connectivity index (χ3n) is 7.07. The Morgan fingerprint density at radius 3 is 2.50 bits per heavy atom. The average Bonchev–Trinajstić information content (AvgIpc) is 3.18. The molecule has 4 N–H and O–H groups in total. The smallest absolute Gasteiger partial charge is 0.0960 e. The number of ether oxygens (including phenoxy) is 1. The Labute approximate surface area is 214 Å². The molecule has 0 spiro atoms. The number of allylic oxidation sites excluding steroid dienone is 1. The zero-order chi connectivity index (χ0) is 25.4. The molecule has 0 bridgehead atoms. The Hall–Kier alpha value is -3.20. The number of benzene rings is 2. The number of nitrogens with zero attached hydrogens (tertiary/aromatic N) is 3. The minimum absolute atomic E-state index is 0.0645. The van der Waals surface area contributed by atoms with Crippen LogP contribution in [-0.2, 0) is 15.5 Å². The zero-order valence-corrected chi connectivity index (χ0v) is 21.8. The number of rotatable bonds is 6. The summed E-state index contributed by atoms with van der Waals surface area (Å²) in [7, 11) is 0.678. The molecule has 8 heteroatoms. The zero-order valence-electron chi connectivity index (χ0n) is 21.0. The lowest BCUT2D eigenvalue weighted by molar-refractivity contribution is 0.0553. The number of hydrogen-bond donors (Lipinski definition) is 2. The van der Waals surface area contributed by atoms with Gasteiger partial charge in [-0.2, -0.15) is 0 Å². The van der Waals surface area contributed by atoms with Gasteiger partial charge in [-0.3, -0.25) is 9.19 Å². The van der Waals surface area contributed by atoms with Gasteiger partial charge < -0.3 is 20.0 Å². The highest BCUT2D eigenvalue weighted by atomic mass is 32.2. The SMILES string of the molecule is C/C(N)=C(\c1cnc2c3ccc(S(C)=O)cc3n([C@H](c3ccccc3)C3CCOCC3)c2c1)N(C)N. The predicted octanol–water partition coefficient (Wildman–Crippen LogP) is 4.40. The molecule has 4 aromatic rings. The Kier molecular flexibility index (Phi) is 6.83. The molecule has 0 amide bonds. The Morgan fingerprint density at radius 2 is 1.86 bits per heavy atom. The van der Waals surface area contributed by atoms with Crippen molar-refractivity contribution in [2.75, 3.05) is 26.5 Å². The summed E-state index contributed by atoms with van der Waals surface area (Å²) < 4.78 is 20.6. The van der Waals surface area contributed by atoms with Gasteiger partial charge in [0.1, 0.15) is 0 Å². The number of fused-ring (bicyclic) bond motifs is 3. The van der Waals surface area contributed by atoms with E-state index in [9.17, 15) is 4.21 Å². The van der Waals surface area contributed by atoms with Crippen molar-refractivity contribution in [3.8, 4) is 0 Å². The fraction of sp³-hybridized carbons (Fsp3) is 0.321. The summed E-state index contributed by atoms with van der Waals surface area (Å²) >= 11 is 0. The quantitative estimate of drug-likeness (QED) is 0.299. The molecule has 188 valence electrons. The molecule has 2 atom stereocenters. The van der Waals surface area contributed by atoms with E-state index in [0.717, 1.165) is 64.1 Å². The molecule has 0 saturated carbocycles. The molecule has 3 heterocycles. The minimum Gasteiger partial charge on any atom is -0.401 e. The van der Waals surface area contributed by atoms with Gasteiger partial charge in [-0.25, -0.2) is 5.84 Å². The lowest BCUT2D eigenvalue weighted by Crippen LogP contribution is -2.27. The minimum atomic E-state index is -1.10. The van der Waals surface area contributed by atoms with Crippen molar-refractivity contribution in [2.24, 2.45) is 17.5 Å². The van der Waals surface area contributed by atoms with Crippen molar-refractivity contribution in [3.05, 3.63) is 77.6 Å². The number of aromatic nitrogens is 2. The predicted molar refractivity (Wildman–Crippen MR) is 146 cm³/mol. The van der Waals surface area contributed by atoms with Gasteiger partial charge in [-0.1, -0.05) is 30.3 Å². The monoisotopic (exact) mass is 503 g/mol. The second-order valence-corrected chi connectivity index (χ2v) is 10.9. The van der Waals surface area contributed by atoms with E-state index in [4.69, 9.17) is 21.3 Å². The molecule has 7 nitrogen and oxygen atoms in total. The van der Waals surface area contributed by atoms with Crippen LogP contribution in [0.4, 0.5) is 0 Å². The molecule has 5 rings (SSSR count). The molecular formula is C28H33N5O2S. The second-order valence-electron chi connectivity index (χ2n) is 9.54. The molecule has 1 unspecified atom stereocenters. The summed E-state index contributed by atoms with van der Waals surface area (Å²) in [5, 5.41) is 2.58. The van der Waals surface area contributed by atoms with E-state index in [1.807, 2.05) is 31.3 Å². The van der Waals surface area contributed by atoms with E-state index in [2.05, 4.69) is 41.0 Å². The topological polar surface area (TPSA) is 99.4 Å². The summed E-state index contributed by atoms with van der Waals surface area (Å²) in [5.74, 6) is 6.54. The molecule has 0 aliphatic carbocycles. The molecule has 0 radical (unpaired) electrons. The standard InChI is InChI=1S/C28H33N5O2S/c1-18(29)27(32(2)30)21-15-25-26(31-17-21)23-10-9-22(36(3)34)16-24(23)33(25)28(19-7-5-4-6-8-19)20-11-13-35-14-12-20/h4-10,15-17,20,28H,11-14,29-30H2,1-3H3/b27-18-/t28-,36?/m1/s1. The van der Waals surface area contributed by atoms with Gasteiger partial charge in [0.05, 0.1) is 28.3 Å². The van der Waals surface area contributed by atoms with Crippen LogP contribution in [0.5, 0.6) is 0 Å². The van der Waals surface area contributed by atoms with Crippen LogP contribution in [0, 0.1) is 5.92 Å². The van der Waals surface area contributed by atoms with E-state index >= 15 is 0 Å². The first-order valence-electron chi connectivity index (χ1n) is 12.2. The van der Waals surface area contributed by atoms with Crippen LogP contribution in [0.15, 0.2) is 71.4 Å². The Balaban J connectivity index is 1.87. The Bertz CT molecular complexity index is 1450. The van der Waals surface area contributed by atoms with Crippen molar-refractivity contribution in [1.82, 2.24) is 14.6 Å². The average molecular weight is 504 g/mol. The van der Waals surface area contributed by atoms with E-state index in [1.165, 1.54) is 10.6 Å². The van der Waals surface area contributed by atoms with Gasteiger partial charge in [0.15, 0.2) is 0 Å². The van der Waals surface area contributed by atoms with Crippen molar-refractivity contribution in [3.63, 3.8) is 0 Å². The van der Waals surface area contributed by atoms with Crippen LogP contribution in [0.2, 0.25) is 0 Å². The van der Waals surface area contributed by atoms with Crippen molar-refractivity contribution >= 4 is 38.4 Å². The maximum atomic E-state index is 12.5. The molecule has 36 heavy (non-hydrogen) atoms. The van der Waals surface area contributed by atoms with Crippen molar-refractivity contribution < 1.29 is 8.95 Å². The first-order valence-corrected chi connectivity index (χ1v) is 13.8. The maximum Gasteiger partial charge on any atom is 0.0960 e. The highest BCUT2D eigenvalue weighted by Crippen LogP contribution is 2.41. The maximum absolute atomic E-state index is 12.5. The fourth-order valence-corrected chi connectivity index (χ4v) is 6.05. The molecule has 1 aliphatic heterocycles. The molecule has 1 saturated heterocycles. The van der Waals surface area contributed by atoms with Crippen LogP contribution in [-0.4, -0.2) is 45.3 Å².